The molecule has 44 heavy (non-hydrogen) atoms. The fourth-order valence-corrected chi connectivity index (χ4v) is 7.89. The summed E-state index contributed by atoms with van der Waals surface area (Å²) in [5.74, 6) is 0. The highest BCUT2D eigenvalue weighted by Crippen LogP contribution is 2.51. The van der Waals surface area contributed by atoms with Gasteiger partial charge in [-0.05, 0) is 111 Å². The molecule has 0 amide bonds. The summed E-state index contributed by atoms with van der Waals surface area (Å²) in [7, 11) is 0. The molecule has 0 heterocycles. The van der Waals surface area contributed by atoms with Crippen LogP contribution in [-0.4, -0.2) is 0 Å². The normalized spacial score (nSPS) is 12.1. The van der Waals surface area contributed by atoms with Crippen molar-refractivity contribution >= 4 is 53.9 Å². The van der Waals surface area contributed by atoms with Gasteiger partial charge in [-0.1, -0.05) is 146 Å². The van der Waals surface area contributed by atoms with Gasteiger partial charge in [-0.25, -0.2) is 0 Å². The summed E-state index contributed by atoms with van der Waals surface area (Å²) in [6.07, 6.45) is 0. The van der Waals surface area contributed by atoms with E-state index in [-0.39, 0.29) is 0 Å². The van der Waals surface area contributed by atoms with Crippen LogP contribution in [0.1, 0.15) is 0 Å². The van der Waals surface area contributed by atoms with E-state index in [4.69, 9.17) is 0 Å². The van der Waals surface area contributed by atoms with Gasteiger partial charge in [0.15, 0.2) is 0 Å². The minimum atomic E-state index is 1.24. The Labute approximate surface area is 255 Å². The van der Waals surface area contributed by atoms with Crippen LogP contribution in [0.5, 0.6) is 0 Å². The Bertz CT molecular complexity index is 2610. The summed E-state index contributed by atoms with van der Waals surface area (Å²) in [6, 6.07) is 58.5. The van der Waals surface area contributed by atoms with Crippen LogP contribution in [0, 0.1) is 0 Å². The van der Waals surface area contributed by atoms with E-state index in [1.54, 1.807) is 0 Å². The molecule has 9 aromatic carbocycles. The molecule has 0 aliphatic heterocycles. The third-order valence-electron chi connectivity index (χ3n) is 9.79. The molecule has 10 rings (SSSR count). The van der Waals surface area contributed by atoms with Crippen molar-refractivity contribution in [2.24, 2.45) is 0 Å². The van der Waals surface area contributed by atoms with Crippen molar-refractivity contribution in [1.29, 1.82) is 0 Å². The lowest BCUT2D eigenvalue weighted by Gasteiger charge is -2.18. The predicted molar refractivity (Wildman–Crippen MR) is 189 cm³/mol. The molecule has 0 aromatic heterocycles. The lowest BCUT2D eigenvalue weighted by Crippen LogP contribution is -1.90. The monoisotopic (exact) mass is 554 g/mol. The minimum absolute atomic E-state index is 1.24. The fourth-order valence-electron chi connectivity index (χ4n) is 7.89. The maximum absolute atomic E-state index is 2.47. The van der Waals surface area contributed by atoms with E-state index in [0.29, 0.717) is 0 Å². The second kappa shape index (κ2) is 8.89. The molecule has 0 N–H and O–H groups in total. The van der Waals surface area contributed by atoms with Crippen molar-refractivity contribution in [3.63, 3.8) is 0 Å². The fraction of sp³-hybridized carbons (Fsp3) is 0. The average molecular weight is 555 g/mol. The minimum Gasteiger partial charge on any atom is -0.0622 e. The summed E-state index contributed by atoms with van der Waals surface area (Å²) in [5.41, 5.74) is 10.4. The number of hydrogen-bond acceptors (Lipinski definition) is 0. The Morgan fingerprint density at radius 3 is 1.57 bits per heavy atom. The molecule has 0 bridgehead atoms. The van der Waals surface area contributed by atoms with E-state index in [9.17, 15) is 0 Å². The van der Waals surface area contributed by atoms with Crippen LogP contribution in [0.4, 0.5) is 0 Å². The SMILES string of the molecule is c1ccc(-c2ccc3c(c2)c2ccccc2c2cc(-c4ccc5c6c(cccc46)-c4ccccc4-5)c4ccccc4c32)cc1. The second-order valence-electron chi connectivity index (χ2n) is 12.0. The zero-order chi connectivity index (χ0) is 28.8. The van der Waals surface area contributed by atoms with Crippen LogP contribution in [0.15, 0.2) is 158 Å². The summed E-state index contributed by atoms with van der Waals surface area (Å²) < 4.78 is 0. The van der Waals surface area contributed by atoms with Gasteiger partial charge >= 0.3 is 0 Å². The molecule has 0 heteroatoms. The second-order valence-corrected chi connectivity index (χ2v) is 12.0. The topological polar surface area (TPSA) is 0 Å². The van der Waals surface area contributed by atoms with Crippen molar-refractivity contribution in [3.8, 4) is 44.5 Å². The number of fused-ring (bicyclic) bond motifs is 11. The molecule has 0 unspecified atom stereocenters. The number of hydrogen-bond donors (Lipinski definition) is 0. The Balaban J connectivity index is 1.34. The van der Waals surface area contributed by atoms with Gasteiger partial charge < -0.3 is 0 Å². The molecule has 1 aliphatic carbocycles. The Morgan fingerprint density at radius 2 is 0.773 bits per heavy atom. The molecule has 0 atom stereocenters. The maximum Gasteiger partial charge on any atom is -0.00199 e. The quantitative estimate of drug-likeness (QED) is 0.186. The Morgan fingerprint density at radius 1 is 0.205 bits per heavy atom. The van der Waals surface area contributed by atoms with Crippen molar-refractivity contribution in [3.05, 3.63) is 158 Å². The molecular formula is C44H26. The Kier molecular flexibility index (Phi) is 4.81. The van der Waals surface area contributed by atoms with E-state index in [1.807, 2.05) is 0 Å². The van der Waals surface area contributed by atoms with Gasteiger partial charge in [0.2, 0.25) is 0 Å². The van der Waals surface area contributed by atoms with E-state index >= 15 is 0 Å². The summed E-state index contributed by atoms with van der Waals surface area (Å²) in [6.45, 7) is 0. The van der Waals surface area contributed by atoms with E-state index in [0.717, 1.165) is 0 Å². The lowest BCUT2D eigenvalue weighted by molar-refractivity contribution is 1.65. The highest BCUT2D eigenvalue weighted by atomic mass is 14.3. The van der Waals surface area contributed by atoms with Crippen molar-refractivity contribution in [2.75, 3.05) is 0 Å². The van der Waals surface area contributed by atoms with Crippen LogP contribution in [0.3, 0.4) is 0 Å². The molecule has 0 saturated carbocycles. The first-order valence-corrected chi connectivity index (χ1v) is 15.4. The molecule has 9 aromatic rings. The van der Waals surface area contributed by atoms with Crippen LogP contribution in [0.25, 0.3) is 98.4 Å². The maximum atomic E-state index is 2.47. The zero-order valence-corrected chi connectivity index (χ0v) is 24.0. The van der Waals surface area contributed by atoms with Gasteiger partial charge in [0.1, 0.15) is 0 Å². The first kappa shape index (κ1) is 23.8. The first-order valence-electron chi connectivity index (χ1n) is 15.4. The van der Waals surface area contributed by atoms with Crippen LogP contribution in [-0.2, 0) is 0 Å². The van der Waals surface area contributed by atoms with Gasteiger partial charge in [0, 0.05) is 0 Å². The third kappa shape index (κ3) is 3.17. The van der Waals surface area contributed by atoms with Crippen LogP contribution in [0.2, 0.25) is 0 Å². The van der Waals surface area contributed by atoms with Gasteiger partial charge in [-0.2, -0.15) is 0 Å². The van der Waals surface area contributed by atoms with E-state index in [2.05, 4.69) is 158 Å². The lowest BCUT2D eigenvalue weighted by atomic mass is 9.85. The van der Waals surface area contributed by atoms with E-state index in [1.165, 1.54) is 98.4 Å². The summed E-state index contributed by atoms with van der Waals surface area (Å²) in [4.78, 5) is 0. The van der Waals surface area contributed by atoms with E-state index < -0.39 is 0 Å². The van der Waals surface area contributed by atoms with Gasteiger partial charge in [0.25, 0.3) is 0 Å². The molecule has 0 radical (unpaired) electrons. The standard InChI is InChI=1S/C44H26/c1-2-11-27(12-3-1)28-21-22-39-40(25-28)31-15-6-7-16-32(31)42-26-41(33-17-8-9-18-35(33)44(39)42)34-23-24-38-30-14-5-4-13-29(30)36-19-10-20-37(34)43(36)38/h1-26H. The molecule has 0 spiro atoms. The summed E-state index contributed by atoms with van der Waals surface area (Å²) >= 11 is 0. The molecule has 202 valence electrons. The predicted octanol–water partition coefficient (Wildman–Crippen LogP) is 12.4. The molecule has 0 nitrogen and oxygen atoms in total. The summed E-state index contributed by atoms with van der Waals surface area (Å²) in [5, 5.41) is 13.1. The number of benzene rings is 9. The Hall–Kier alpha value is -5.72. The van der Waals surface area contributed by atoms with Crippen molar-refractivity contribution in [1.82, 2.24) is 0 Å². The molecule has 0 fully saturated rings. The van der Waals surface area contributed by atoms with Gasteiger partial charge in [-0.3, -0.25) is 0 Å². The third-order valence-corrected chi connectivity index (χ3v) is 9.79. The first-order chi connectivity index (χ1) is 21.8. The van der Waals surface area contributed by atoms with Gasteiger partial charge in [0.05, 0.1) is 0 Å². The van der Waals surface area contributed by atoms with Crippen molar-refractivity contribution in [2.45, 2.75) is 0 Å². The van der Waals surface area contributed by atoms with Crippen molar-refractivity contribution < 1.29 is 0 Å². The molecule has 1 aliphatic rings. The largest absolute Gasteiger partial charge is 0.0622 e. The number of rotatable bonds is 2. The zero-order valence-electron chi connectivity index (χ0n) is 24.0. The molecule has 0 saturated heterocycles. The smallest absolute Gasteiger partial charge is 0.00199 e. The highest BCUT2D eigenvalue weighted by Gasteiger charge is 2.23. The van der Waals surface area contributed by atoms with Gasteiger partial charge in [-0.15, -0.1) is 0 Å². The highest BCUT2D eigenvalue weighted by molar-refractivity contribution is 6.34. The molecular weight excluding hydrogens is 528 g/mol. The average Bonchev–Trinajstić information content (AvgIpc) is 3.43. The van der Waals surface area contributed by atoms with Crippen LogP contribution < -0.4 is 0 Å². The van der Waals surface area contributed by atoms with Crippen LogP contribution >= 0.6 is 0 Å².